The summed E-state index contributed by atoms with van der Waals surface area (Å²) < 4.78 is 15.4. The molecule has 0 atom stereocenters. The van der Waals surface area contributed by atoms with Crippen molar-refractivity contribution in [3.8, 4) is 11.3 Å². The molecule has 1 N–H and O–H groups in total. The van der Waals surface area contributed by atoms with Crippen LogP contribution in [0.4, 0.5) is 9.52 Å². The monoisotopic (exact) mass is 440 g/mol. The van der Waals surface area contributed by atoms with Crippen molar-refractivity contribution in [2.24, 2.45) is 5.10 Å². The molecule has 0 saturated carbocycles. The third-order valence-corrected chi connectivity index (χ3v) is 6.08. The van der Waals surface area contributed by atoms with Crippen LogP contribution in [0.2, 0.25) is 0 Å². The fourth-order valence-electron chi connectivity index (χ4n) is 3.72. The zero-order valence-corrected chi connectivity index (χ0v) is 18.3. The van der Waals surface area contributed by atoms with Crippen LogP contribution in [-0.2, 0) is 6.54 Å². The lowest BCUT2D eigenvalue weighted by Gasteiger charge is -2.05. The minimum absolute atomic E-state index is 0.256. The smallest absolute Gasteiger partial charge is 0.203 e. The molecule has 0 amide bonds. The van der Waals surface area contributed by atoms with Crippen LogP contribution in [0, 0.1) is 5.82 Å². The largest absolute Gasteiger partial charge is 0.342 e. The van der Waals surface area contributed by atoms with E-state index in [9.17, 15) is 4.39 Å². The van der Waals surface area contributed by atoms with E-state index < -0.39 is 0 Å². The molecular formula is C26H21FN4S. The minimum Gasteiger partial charge on any atom is -0.342 e. The van der Waals surface area contributed by atoms with E-state index in [1.165, 1.54) is 34.5 Å². The lowest BCUT2D eigenvalue weighted by Crippen LogP contribution is -2.00. The van der Waals surface area contributed by atoms with Crippen molar-refractivity contribution in [2.75, 3.05) is 5.43 Å². The Morgan fingerprint density at radius 2 is 1.75 bits per heavy atom. The van der Waals surface area contributed by atoms with Gasteiger partial charge in [-0.05, 0) is 42.8 Å². The predicted octanol–water partition coefficient (Wildman–Crippen LogP) is 6.79. The second-order valence-electron chi connectivity index (χ2n) is 7.53. The summed E-state index contributed by atoms with van der Waals surface area (Å²) in [5.74, 6) is -0.256. The topological polar surface area (TPSA) is 42.2 Å². The second kappa shape index (κ2) is 8.77. The van der Waals surface area contributed by atoms with Gasteiger partial charge in [-0.1, -0.05) is 48.5 Å². The van der Waals surface area contributed by atoms with Gasteiger partial charge in [-0.3, -0.25) is 5.43 Å². The molecule has 0 spiro atoms. The Morgan fingerprint density at radius 1 is 1.00 bits per heavy atom. The van der Waals surface area contributed by atoms with E-state index in [-0.39, 0.29) is 5.82 Å². The molecule has 6 heteroatoms. The molecule has 0 aliphatic carbocycles. The predicted molar refractivity (Wildman–Crippen MR) is 131 cm³/mol. The average Bonchev–Trinajstić information content (AvgIpc) is 3.44. The number of rotatable bonds is 6. The van der Waals surface area contributed by atoms with Crippen molar-refractivity contribution in [3.05, 3.63) is 107 Å². The number of para-hydroxylation sites is 1. The van der Waals surface area contributed by atoms with Crippen LogP contribution in [0.15, 0.2) is 95.5 Å². The second-order valence-corrected chi connectivity index (χ2v) is 8.39. The first-order valence-corrected chi connectivity index (χ1v) is 11.2. The van der Waals surface area contributed by atoms with Gasteiger partial charge in [0.2, 0.25) is 5.13 Å². The molecule has 158 valence electrons. The zero-order chi connectivity index (χ0) is 21.9. The maximum Gasteiger partial charge on any atom is 0.203 e. The molecule has 2 heterocycles. The van der Waals surface area contributed by atoms with Gasteiger partial charge in [0.25, 0.3) is 0 Å². The minimum atomic E-state index is -0.256. The van der Waals surface area contributed by atoms with Crippen molar-refractivity contribution < 1.29 is 4.39 Å². The molecule has 0 bridgehead atoms. The number of thiazole rings is 1. The average molecular weight is 441 g/mol. The number of hydrogen-bond acceptors (Lipinski definition) is 4. The number of fused-ring (bicyclic) bond motifs is 1. The number of benzene rings is 3. The van der Waals surface area contributed by atoms with Crippen LogP contribution in [0.25, 0.3) is 22.2 Å². The Kier molecular flexibility index (Phi) is 5.52. The molecule has 0 radical (unpaired) electrons. The number of halogens is 1. The van der Waals surface area contributed by atoms with Crippen molar-refractivity contribution in [2.45, 2.75) is 13.5 Å². The van der Waals surface area contributed by atoms with Gasteiger partial charge in [-0.25, -0.2) is 9.37 Å². The van der Waals surface area contributed by atoms with Crippen LogP contribution in [0.3, 0.4) is 0 Å². The van der Waals surface area contributed by atoms with E-state index >= 15 is 0 Å². The zero-order valence-electron chi connectivity index (χ0n) is 17.5. The van der Waals surface area contributed by atoms with Crippen molar-refractivity contribution >= 4 is 33.1 Å². The SMILES string of the molecule is C/C(=N\Nc1nc(-c2ccc(F)cc2)cs1)c1cn(Cc2ccccc2)c2ccccc12. The van der Waals surface area contributed by atoms with Crippen molar-refractivity contribution in [3.63, 3.8) is 0 Å². The standard InChI is InChI=1S/C26H21FN4S/c1-18(29-30-26-28-24(17-32-26)20-11-13-21(27)14-12-20)23-16-31(15-19-7-3-2-4-8-19)25-10-6-5-9-22(23)25/h2-14,16-17H,15H2,1H3,(H,28,30)/b29-18+. The third-order valence-electron chi connectivity index (χ3n) is 5.34. The van der Waals surface area contributed by atoms with Crippen LogP contribution >= 0.6 is 11.3 Å². The Hall–Kier alpha value is -3.77. The first-order chi connectivity index (χ1) is 15.7. The quantitative estimate of drug-likeness (QED) is 0.233. The number of nitrogens with one attached hydrogen (secondary N) is 1. The highest BCUT2D eigenvalue weighted by Crippen LogP contribution is 2.26. The fourth-order valence-corrected chi connectivity index (χ4v) is 4.38. The maximum atomic E-state index is 13.2. The van der Waals surface area contributed by atoms with E-state index in [1.807, 2.05) is 18.4 Å². The summed E-state index contributed by atoms with van der Waals surface area (Å²) in [6.45, 7) is 2.80. The highest BCUT2D eigenvalue weighted by Gasteiger charge is 2.11. The van der Waals surface area contributed by atoms with Gasteiger partial charge >= 0.3 is 0 Å². The summed E-state index contributed by atoms with van der Waals surface area (Å²) in [5, 5.41) is 8.39. The summed E-state index contributed by atoms with van der Waals surface area (Å²) in [4.78, 5) is 4.57. The molecular weight excluding hydrogens is 419 g/mol. The first kappa shape index (κ1) is 20.2. The maximum absolute atomic E-state index is 13.2. The lowest BCUT2D eigenvalue weighted by molar-refractivity contribution is 0.628. The number of nitrogens with zero attached hydrogens (tertiary/aromatic N) is 3. The molecule has 0 aliphatic heterocycles. The Morgan fingerprint density at radius 3 is 2.56 bits per heavy atom. The molecule has 5 aromatic rings. The Balaban J connectivity index is 1.40. The summed E-state index contributed by atoms with van der Waals surface area (Å²) >= 11 is 1.47. The summed E-state index contributed by atoms with van der Waals surface area (Å²) in [5.41, 5.74) is 9.14. The van der Waals surface area contributed by atoms with Gasteiger partial charge < -0.3 is 4.57 Å². The normalized spacial score (nSPS) is 11.8. The molecule has 2 aromatic heterocycles. The number of hydrogen-bond donors (Lipinski definition) is 1. The Bertz CT molecular complexity index is 1380. The van der Waals surface area contributed by atoms with Gasteiger partial charge in [0.05, 0.1) is 11.4 Å². The summed E-state index contributed by atoms with van der Waals surface area (Å²) in [6, 6.07) is 25.1. The van der Waals surface area contributed by atoms with Crippen LogP contribution in [0.1, 0.15) is 18.1 Å². The highest BCUT2D eigenvalue weighted by atomic mass is 32.1. The van der Waals surface area contributed by atoms with Gasteiger partial charge in [-0.15, -0.1) is 11.3 Å². The number of aromatic nitrogens is 2. The highest BCUT2D eigenvalue weighted by molar-refractivity contribution is 7.14. The third kappa shape index (κ3) is 4.18. The van der Waals surface area contributed by atoms with E-state index in [0.29, 0.717) is 5.13 Å². The van der Waals surface area contributed by atoms with Gasteiger partial charge in [0, 0.05) is 40.2 Å². The molecule has 4 nitrogen and oxygen atoms in total. The summed E-state index contributed by atoms with van der Waals surface area (Å²) in [6.07, 6.45) is 2.16. The van der Waals surface area contributed by atoms with Crippen LogP contribution < -0.4 is 5.43 Å². The van der Waals surface area contributed by atoms with Crippen molar-refractivity contribution in [1.29, 1.82) is 0 Å². The van der Waals surface area contributed by atoms with Crippen LogP contribution in [0.5, 0.6) is 0 Å². The molecule has 0 fully saturated rings. The van der Waals surface area contributed by atoms with Gasteiger partial charge in [-0.2, -0.15) is 5.10 Å². The van der Waals surface area contributed by atoms with Crippen molar-refractivity contribution in [1.82, 2.24) is 9.55 Å². The van der Waals surface area contributed by atoms with E-state index in [4.69, 9.17) is 0 Å². The number of hydrazone groups is 1. The first-order valence-electron chi connectivity index (χ1n) is 10.3. The molecule has 5 rings (SSSR count). The fraction of sp³-hybridized carbons (Fsp3) is 0.0769. The molecule has 0 aliphatic rings. The molecule has 0 saturated heterocycles. The Labute approximate surface area is 189 Å². The van der Waals surface area contributed by atoms with Crippen LogP contribution in [-0.4, -0.2) is 15.3 Å². The van der Waals surface area contributed by atoms with Gasteiger partial charge in [0.15, 0.2) is 0 Å². The summed E-state index contributed by atoms with van der Waals surface area (Å²) in [7, 11) is 0. The molecule has 32 heavy (non-hydrogen) atoms. The molecule has 0 unspecified atom stereocenters. The van der Waals surface area contributed by atoms with E-state index in [2.05, 4.69) is 74.8 Å². The lowest BCUT2D eigenvalue weighted by atomic mass is 10.1. The van der Waals surface area contributed by atoms with E-state index in [1.54, 1.807) is 12.1 Å². The molecule has 3 aromatic carbocycles. The van der Waals surface area contributed by atoms with Gasteiger partial charge in [0.1, 0.15) is 5.82 Å². The van der Waals surface area contributed by atoms with E-state index in [0.717, 1.165) is 34.5 Å². The number of anilines is 1.